The van der Waals surface area contributed by atoms with Gasteiger partial charge in [0.25, 0.3) is 0 Å². The van der Waals surface area contributed by atoms with E-state index in [1.165, 1.54) is 24.3 Å². The summed E-state index contributed by atoms with van der Waals surface area (Å²) < 4.78 is 18.5. The largest absolute Gasteiger partial charge is 0.480 e. The first-order valence-electron chi connectivity index (χ1n) is 8.96. The summed E-state index contributed by atoms with van der Waals surface area (Å²) >= 11 is 2.85. The van der Waals surface area contributed by atoms with Gasteiger partial charge < -0.3 is 15.2 Å². The van der Waals surface area contributed by atoms with Gasteiger partial charge in [0.05, 0.1) is 6.04 Å². The Morgan fingerprint density at radius 2 is 1.72 bits per heavy atom. The molecule has 3 atom stereocenters. The smallest absolute Gasteiger partial charge is 0.408 e. The van der Waals surface area contributed by atoms with Gasteiger partial charge in [-0.1, -0.05) is 65.3 Å². The predicted molar refractivity (Wildman–Crippen MR) is 108 cm³/mol. The number of benzene rings is 2. The highest BCUT2D eigenvalue weighted by Crippen LogP contribution is 2.26. The molecule has 2 aromatic carbocycles. The van der Waals surface area contributed by atoms with Gasteiger partial charge in [0.2, 0.25) is 0 Å². The van der Waals surface area contributed by atoms with E-state index in [-0.39, 0.29) is 6.61 Å². The molecule has 0 fully saturated rings. The molecule has 0 aliphatic rings. The van der Waals surface area contributed by atoms with Crippen molar-refractivity contribution in [2.75, 3.05) is 0 Å². The molecule has 2 aromatic rings. The van der Waals surface area contributed by atoms with Crippen LogP contribution in [0.15, 0.2) is 54.6 Å². The van der Waals surface area contributed by atoms with E-state index in [9.17, 15) is 23.9 Å². The Labute approximate surface area is 176 Å². The van der Waals surface area contributed by atoms with Crippen molar-refractivity contribution in [3.05, 3.63) is 71.5 Å². The Bertz CT molecular complexity index is 844. The van der Waals surface area contributed by atoms with Gasteiger partial charge in [0, 0.05) is 5.92 Å². The standard InChI is InChI=1S/C21H21BrFNO5/c1-2-16(14-8-10-15(23)11-9-14)18(19(25)17(22)20(26)27)24-21(28)29-12-13-6-4-3-5-7-13/h3-11,16-18H,2,12H2,1H3,(H,24,28)(H,26,27)/t16-,17?,18-/m0/s1. The first kappa shape index (κ1) is 22.5. The molecule has 0 aromatic heterocycles. The summed E-state index contributed by atoms with van der Waals surface area (Å²) in [5.74, 6) is -3.10. The van der Waals surface area contributed by atoms with Crippen LogP contribution in [0.4, 0.5) is 9.18 Å². The lowest BCUT2D eigenvalue weighted by atomic mass is 9.86. The summed E-state index contributed by atoms with van der Waals surface area (Å²) in [4.78, 5) is 34.9. The lowest BCUT2D eigenvalue weighted by molar-refractivity contribution is -0.139. The maximum absolute atomic E-state index is 13.3. The summed E-state index contributed by atoms with van der Waals surface area (Å²) in [5.41, 5.74) is 1.36. The number of aliphatic carboxylic acids is 1. The van der Waals surface area contributed by atoms with Gasteiger partial charge in [-0.25, -0.2) is 9.18 Å². The Kier molecular flexibility index (Phi) is 8.33. The van der Waals surface area contributed by atoms with Crippen LogP contribution in [0.2, 0.25) is 0 Å². The zero-order valence-electron chi connectivity index (χ0n) is 15.7. The zero-order chi connectivity index (χ0) is 21.4. The van der Waals surface area contributed by atoms with Crippen LogP contribution in [0.3, 0.4) is 0 Å². The van der Waals surface area contributed by atoms with Crippen LogP contribution in [0.25, 0.3) is 0 Å². The SMILES string of the molecule is CC[C@@H](c1ccc(F)cc1)[C@H](NC(=O)OCc1ccccc1)C(=O)C(Br)C(=O)O. The quantitative estimate of drug-likeness (QED) is 0.430. The number of carbonyl (C=O) groups excluding carboxylic acids is 2. The minimum atomic E-state index is -1.50. The van der Waals surface area contributed by atoms with Gasteiger partial charge in [-0.2, -0.15) is 0 Å². The van der Waals surface area contributed by atoms with Crippen LogP contribution in [0.1, 0.15) is 30.4 Å². The molecule has 0 saturated heterocycles. The maximum atomic E-state index is 13.3. The number of ether oxygens (including phenoxy) is 1. The highest BCUT2D eigenvalue weighted by Gasteiger charge is 2.36. The van der Waals surface area contributed by atoms with Gasteiger partial charge in [-0.3, -0.25) is 9.59 Å². The number of carbonyl (C=O) groups is 3. The lowest BCUT2D eigenvalue weighted by Crippen LogP contribution is -2.49. The second-order valence-corrected chi connectivity index (χ2v) is 7.27. The first-order chi connectivity index (χ1) is 13.8. The number of nitrogens with one attached hydrogen (secondary N) is 1. The zero-order valence-corrected chi connectivity index (χ0v) is 17.3. The molecule has 0 radical (unpaired) electrons. The predicted octanol–water partition coefficient (Wildman–Crippen LogP) is 4.03. The molecule has 8 heteroatoms. The van der Waals surface area contributed by atoms with Crippen LogP contribution in [-0.4, -0.2) is 33.8 Å². The van der Waals surface area contributed by atoms with E-state index in [0.29, 0.717) is 12.0 Å². The van der Waals surface area contributed by atoms with Crippen LogP contribution < -0.4 is 5.32 Å². The molecule has 1 unspecified atom stereocenters. The molecular formula is C21H21BrFNO5. The maximum Gasteiger partial charge on any atom is 0.408 e. The average Bonchev–Trinajstić information content (AvgIpc) is 2.73. The second kappa shape index (κ2) is 10.7. The molecule has 2 N–H and O–H groups in total. The molecule has 6 nitrogen and oxygen atoms in total. The monoisotopic (exact) mass is 465 g/mol. The topological polar surface area (TPSA) is 92.7 Å². The van der Waals surface area contributed by atoms with Crippen molar-refractivity contribution >= 4 is 33.8 Å². The molecule has 0 bridgehead atoms. The molecule has 0 aliphatic carbocycles. The number of halogens is 2. The van der Waals surface area contributed by atoms with Gasteiger partial charge in [0.1, 0.15) is 12.4 Å². The summed E-state index contributed by atoms with van der Waals surface area (Å²) in [6.07, 6.45) is -0.446. The van der Waals surface area contributed by atoms with Gasteiger partial charge in [-0.05, 0) is 29.7 Å². The summed E-state index contributed by atoms with van der Waals surface area (Å²) in [6, 6.07) is 13.3. The van der Waals surface area contributed by atoms with E-state index in [0.717, 1.165) is 5.56 Å². The molecular weight excluding hydrogens is 445 g/mol. The molecule has 1 amide bonds. The van der Waals surface area contributed by atoms with Crippen molar-refractivity contribution in [3.63, 3.8) is 0 Å². The third-order valence-corrected chi connectivity index (χ3v) is 5.24. The van der Waals surface area contributed by atoms with E-state index in [2.05, 4.69) is 21.2 Å². The number of carboxylic acid groups (broad SMARTS) is 1. The minimum absolute atomic E-state index is 0.00239. The van der Waals surface area contributed by atoms with E-state index < -0.39 is 40.4 Å². The number of amides is 1. The number of hydrogen-bond donors (Lipinski definition) is 2. The minimum Gasteiger partial charge on any atom is -0.480 e. The van der Waals surface area contributed by atoms with Crippen LogP contribution in [0.5, 0.6) is 0 Å². The Morgan fingerprint density at radius 3 is 2.28 bits per heavy atom. The van der Waals surface area contributed by atoms with Crippen LogP contribution >= 0.6 is 15.9 Å². The fourth-order valence-electron chi connectivity index (χ4n) is 2.91. The van der Waals surface area contributed by atoms with Crippen LogP contribution in [0, 0.1) is 5.82 Å². The third-order valence-electron chi connectivity index (χ3n) is 4.40. The number of carboxylic acids is 1. The summed E-state index contributed by atoms with van der Waals surface area (Å²) in [6.45, 7) is 1.78. The Hall–Kier alpha value is -2.74. The normalized spacial score (nSPS) is 13.8. The first-order valence-corrected chi connectivity index (χ1v) is 9.88. The van der Waals surface area contributed by atoms with Crippen molar-refractivity contribution in [2.24, 2.45) is 0 Å². The van der Waals surface area contributed by atoms with Crippen LogP contribution in [-0.2, 0) is 20.9 Å². The second-order valence-electron chi connectivity index (χ2n) is 6.35. The Balaban J connectivity index is 2.21. The number of Topliss-reactive ketones (excluding diaryl/α,β-unsaturated/α-hetero) is 1. The third kappa shape index (κ3) is 6.39. The average molecular weight is 466 g/mol. The highest BCUT2D eigenvalue weighted by atomic mass is 79.9. The fourth-order valence-corrected chi connectivity index (χ4v) is 3.20. The fraction of sp³-hybridized carbons (Fsp3) is 0.286. The van der Waals surface area contributed by atoms with Crippen molar-refractivity contribution < 1.29 is 28.6 Å². The molecule has 0 aliphatic heterocycles. The molecule has 0 saturated carbocycles. The van der Waals surface area contributed by atoms with Crippen molar-refractivity contribution in [2.45, 2.75) is 36.7 Å². The number of alkyl halides is 1. The van der Waals surface area contributed by atoms with Crippen molar-refractivity contribution in [1.82, 2.24) is 5.32 Å². The van der Waals surface area contributed by atoms with Crippen molar-refractivity contribution in [3.8, 4) is 0 Å². The number of rotatable bonds is 9. The number of hydrogen-bond acceptors (Lipinski definition) is 4. The molecule has 0 heterocycles. The summed E-state index contributed by atoms with van der Waals surface area (Å²) in [5, 5.41) is 11.7. The van der Waals surface area contributed by atoms with E-state index in [1.807, 2.05) is 6.07 Å². The van der Waals surface area contributed by atoms with E-state index >= 15 is 0 Å². The Morgan fingerprint density at radius 1 is 1.10 bits per heavy atom. The van der Waals surface area contributed by atoms with Crippen molar-refractivity contribution in [1.29, 1.82) is 0 Å². The van der Waals surface area contributed by atoms with Gasteiger partial charge >= 0.3 is 12.1 Å². The van der Waals surface area contributed by atoms with E-state index in [1.54, 1.807) is 31.2 Å². The number of ketones is 1. The molecule has 0 spiro atoms. The summed E-state index contributed by atoms with van der Waals surface area (Å²) in [7, 11) is 0. The molecule has 2 rings (SSSR count). The lowest BCUT2D eigenvalue weighted by Gasteiger charge is -2.27. The highest BCUT2D eigenvalue weighted by molar-refractivity contribution is 9.10. The van der Waals surface area contributed by atoms with Gasteiger partial charge in [-0.15, -0.1) is 0 Å². The van der Waals surface area contributed by atoms with E-state index in [4.69, 9.17) is 4.74 Å². The van der Waals surface area contributed by atoms with Gasteiger partial charge in [0.15, 0.2) is 10.6 Å². The molecule has 154 valence electrons. The molecule has 29 heavy (non-hydrogen) atoms. The number of alkyl carbamates (subject to hydrolysis) is 1.